The van der Waals surface area contributed by atoms with Crippen LogP contribution in [0.4, 0.5) is 5.82 Å². The van der Waals surface area contributed by atoms with E-state index in [1.54, 1.807) is 0 Å². The molecule has 3 heterocycles. The third kappa shape index (κ3) is 2.60. The molecule has 0 amide bonds. The Hall–Kier alpha value is -1.91. The highest BCUT2D eigenvalue weighted by Gasteiger charge is 2.24. The van der Waals surface area contributed by atoms with Gasteiger partial charge in [0.25, 0.3) is 0 Å². The molecule has 0 N–H and O–H groups in total. The van der Waals surface area contributed by atoms with E-state index in [1.807, 2.05) is 6.92 Å². The van der Waals surface area contributed by atoms with Crippen molar-refractivity contribution in [2.75, 3.05) is 11.4 Å². The molecule has 5 heteroatoms. The Kier molecular flexibility index (Phi) is 3.89. The van der Waals surface area contributed by atoms with Gasteiger partial charge in [-0.1, -0.05) is 20.8 Å². The van der Waals surface area contributed by atoms with Gasteiger partial charge in [0.1, 0.15) is 17.5 Å². The molecule has 0 aromatic carbocycles. The maximum Gasteiger partial charge on any atom is 0.132 e. The summed E-state index contributed by atoms with van der Waals surface area (Å²) in [4.78, 5) is 16.3. The fraction of sp³-hybridized carbons (Fsp3) is 0.588. The molecule has 2 aromatic rings. The van der Waals surface area contributed by atoms with Gasteiger partial charge in [0, 0.05) is 43.4 Å². The first kappa shape index (κ1) is 15.0. The molecule has 0 bridgehead atoms. The highest BCUT2D eigenvalue weighted by atomic mass is 15.2. The van der Waals surface area contributed by atoms with E-state index in [4.69, 9.17) is 4.98 Å². The Morgan fingerprint density at radius 2 is 2.00 bits per heavy atom. The second-order valence-electron chi connectivity index (χ2n) is 6.37. The lowest BCUT2D eigenvalue weighted by Gasteiger charge is -2.28. The number of aryl methyl sites for hydroxylation is 2. The quantitative estimate of drug-likeness (QED) is 0.874. The standard InChI is InChI=1S/C17H25N5/c1-6-13-9-16(19-12(4)18-13)22-8-7-15-14(10-22)20-17(11(2)3)21(15)5/h9,11H,6-8,10H2,1-5H3. The Morgan fingerprint density at radius 3 is 2.68 bits per heavy atom. The van der Waals surface area contributed by atoms with Gasteiger partial charge >= 0.3 is 0 Å². The zero-order chi connectivity index (χ0) is 15.9. The molecular formula is C17H25N5. The summed E-state index contributed by atoms with van der Waals surface area (Å²) < 4.78 is 2.28. The normalized spacial score (nSPS) is 14.5. The minimum atomic E-state index is 0.456. The monoisotopic (exact) mass is 299 g/mol. The Morgan fingerprint density at radius 1 is 1.23 bits per heavy atom. The van der Waals surface area contributed by atoms with E-state index < -0.39 is 0 Å². The minimum Gasteiger partial charge on any atom is -0.350 e. The van der Waals surface area contributed by atoms with Crippen LogP contribution >= 0.6 is 0 Å². The summed E-state index contributed by atoms with van der Waals surface area (Å²) in [6.07, 6.45) is 1.96. The number of rotatable bonds is 3. The number of aromatic nitrogens is 4. The maximum atomic E-state index is 4.87. The van der Waals surface area contributed by atoms with Crippen LogP contribution in [0.3, 0.4) is 0 Å². The van der Waals surface area contributed by atoms with Gasteiger partial charge in [-0.25, -0.2) is 15.0 Å². The number of fused-ring (bicyclic) bond motifs is 1. The third-order valence-electron chi connectivity index (χ3n) is 4.37. The molecule has 2 aromatic heterocycles. The molecule has 0 atom stereocenters. The average molecular weight is 299 g/mol. The van der Waals surface area contributed by atoms with E-state index in [2.05, 4.69) is 53.3 Å². The molecule has 5 nitrogen and oxygen atoms in total. The SMILES string of the molecule is CCc1cc(N2CCc3c(nc(C(C)C)n3C)C2)nc(C)n1. The van der Waals surface area contributed by atoms with Crippen molar-refractivity contribution in [3.8, 4) is 0 Å². The number of hydrogen-bond donors (Lipinski definition) is 0. The Labute approximate surface area is 132 Å². The van der Waals surface area contributed by atoms with Gasteiger partial charge in [0.05, 0.1) is 12.2 Å². The summed E-state index contributed by atoms with van der Waals surface area (Å²) in [7, 11) is 2.14. The molecule has 0 spiro atoms. The van der Waals surface area contributed by atoms with Crippen LogP contribution in [0.15, 0.2) is 6.07 Å². The smallest absolute Gasteiger partial charge is 0.132 e. The Balaban J connectivity index is 1.91. The summed E-state index contributed by atoms with van der Waals surface area (Å²) >= 11 is 0. The zero-order valence-electron chi connectivity index (χ0n) is 14.2. The summed E-state index contributed by atoms with van der Waals surface area (Å²) in [5.41, 5.74) is 3.69. The number of imidazole rings is 1. The van der Waals surface area contributed by atoms with Crippen LogP contribution in [0, 0.1) is 6.92 Å². The summed E-state index contributed by atoms with van der Waals surface area (Å²) in [5, 5.41) is 0. The molecule has 118 valence electrons. The topological polar surface area (TPSA) is 46.8 Å². The van der Waals surface area contributed by atoms with Gasteiger partial charge in [-0.15, -0.1) is 0 Å². The van der Waals surface area contributed by atoms with Gasteiger partial charge in [-0.05, 0) is 13.3 Å². The second kappa shape index (κ2) is 5.71. The molecule has 1 aliphatic heterocycles. The highest BCUT2D eigenvalue weighted by Crippen LogP contribution is 2.26. The molecule has 1 aliphatic rings. The van der Waals surface area contributed by atoms with Crippen molar-refractivity contribution in [2.45, 2.75) is 53.0 Å². The number of hydrogen-bond acceptors (Lipinski definition) is 4. The average Bonchev–Trinajstić information content (AvgIpc) is 2.83. The van der Waals surface area contributed by atoms with Crippen LogP contribution in [-0.2, 0) is 26.4 Å². The molecule has 0 unspecified atom stereocenters. The van der Waals surface area contributed by atoms with Gasteiger partial charge in [-0.2, -0.15) is 0 Å². The van der Waals surface area contributed by atoms with Crippen molar-refractivity contribution < 1.29 is 0 Å². The van der Waals surface area contributed by atoms with Gasteiger partial charge < -0.3 is 9.47 Å². The first-order chi connectivity index (χ1) is 10.5. The molecule has 3 rings (SSSR count). The number of nitrogens with zero attached hydrogens (tertiary/aromatic N) is 5. The number of anilines is 1. The van der Waals surface area contributed by atoms with Crippen molar-refractivity contribution >= 4 is 5.82 Å². The maximum absolute atomic E-state index is 4.87. The first-order valence-corrected chi connectivity index (χ1v) is 8.13. The Bertz CT molecular complexity index is 687. The van der Waals surface area contributed by atoms with E-state index in [0.717, 1.165) is 43.3 Å². The van der Waals surface area contributed by atoms with Crippen LogP contribution in [-0.4, -0.2) is 26.1 Å². The molecule has 0 fully saturated rings. The lowest BCUT2D eigenvalue weighted by molar-refractivity contribution is 0.657. The lowest BCUT2D eigenvalue weighted by atomic mass is 10.1. The van der Waals surface area contributed by atoms with E-state index >= 15 is 0 Å². The molecule has 22 heavy (non-hydrogen) atoms. The summed E-state index contributed by atoms with van der Waals surface area (Å²) in [6, 6.07) is 2.12. The van der Waals surface area contributed by atoms with Crippen LogP contribution < -0.4 is 4.90 Å². The molecule has 0 saturated carbocycles. The van der Waals surface area contributed by atoms with Gasteiger partial charge in [0.2, 0.25) is 0 Å². The summed E-state index contributed by atoms with van der Waals surface area (Å²) in [5.74, 6) is 3.52. The summed E-state index contributed by atoms with van der Waals surface area (Å²) in [6.45, 7) is 10.3. The zero-order valence-corrected chi connectivity index (χ0v) is 14.2. The van der Waals surface area contributed by atoms with E-state index in [0.29, 0.717) is 5.92 Å². The largest absolute Gasteiger partial charge is 0.350 e. The van der Waals surface area contributed by atoms with Gasteiger partial charge in [-0.3, -0.25) is 0 Å². The third-order valence-corrected chi connectivity index (χ3v) is 4.37. The van der Waals surface area contributed by atoms with Crippen LogP contribution in [0.25, 0.3) is 0 Å². The van der Waals surface area contributed by atoms with Crippen molar-refractivity contribution in [2.24, 2.45) is 7.05 Å². The fourth-order valence-electron chi connectivity index (χ4n) is 3.22. The van der Waals surface area contributed by atoms with Crippen molar-refractivity contribution in [3.05, 3.63) is 34.8 Å². The van der Waals surface area contributed by atoms with Crippen molar-refractivity contribution in [1.29, 1.82) is 0 Å². The predicted octanol–water partition coefficient (Wildman–Crippen LogP) is 2.77. The van der Waals surface area contributed by atoms with E-state index in [9.17, 15) is 0 Å². The van der Waals surface area contributed by atoms with Crippen LogP contribution in [0.5, 0.6) is 0 Å². The molecule has 0 radical (unpaired) electrons. The highest BCUT2D eigenvalue weighted by molar-refractivity contribution is 5.43. The van der Waals surface area contributed by atoms with Crippen molar-refractivity contribution in [1.82, 2.24) is 19.5 Å². The lowest BCUT2D eigenvalue weighted by Crippen LogP contribution is -2.32. The van der Waals surface area contributed by atoms with E-state index in [1.165, 1.54) is 17.2 Å². The van der Waals surface area contributed by atoms with E-state index in [-0.39, 0.29) is 0 Å². The molecule has 0 aliphatic carbocycles. The predicted molar refractivity (Wildman–Crippen MR) is 88.2 cm³/mol. The van der Waals surface area contributed by atoms with Gasteiger partial charge in [0.15, 0.2) is 0 Å². The van der Waals surface area contributed by atoms with Crippen LogP contribution in [0.1, 0.15) is 55.4 Å². The minimum absolute atomic E-state index is 0.456. The molecule has 0 saturated heterocycles. The van der Waals surface area contributed by atoms with Crippen LogP contribution in [0.2, 0.25) is 0 Å². The fourth-order valence-corrected chi connectivity index (χ4v) is 3.22. The molecular weight excluding hydrogens is 274 g/mol. The second-order valence-corrected chi connectivity index (χ2v) is 6.37. The van der Waals surface area contributed by atoms with Crippen molar-refractivity contribution in [3.63, 3.8) is 0 Å². The first-order valence-electron chi connectivity index (χ1n) is 8.13.